The first-order valence-electron chi connectivity index (χ1n) is 24.7. The quantitative estimate of drug-likeness (QED) is 0.0246. The number of unbranched alkanes of at least 4 members (excludes halogenated alkanes) is 16. The van der Waals surface area contributed by atoms with Gasteiger partial charge in [0.2, 0.25) is 5.91 Å². The molecule has 0 radical (unpaired) electrons. The fourth-order valence-electron chi connectivity index (χ4n) is 6.73. The summed E-state index contributed by atoms with van der Waals surface area (Å²) in [5.74, 6) is -0.589. The lowest BCUT2D eigenvalue weighted by Gasteiger charge is -2.24. The Labute approximate surface area is 375 Å². The van der Waals surface area contributed by atoms with Gasteiger partial charge in [-0.15, -0.1) is 0 Å². The second kappa shape index (κ2) is 47.6. The van der Waals surface area contributed by atoms with E-state index in [1.807, 2.05) is 48.6 Å². The molecular formula is C55H91NO5. The Morgan fingerprint density at radius 2 is 0.967 bits per heavy atom. The Balaban J connectivity index is 4.83. The van der Waals surface area contributed by atoms with Crippen molar-refractivity contribution in [1.29, 1.82) is 0 Å². The van der Waals surface area contributed by atoms with Gasteiger partial charge in [0.05, 0.1) is 25.2 Å². The SMILES string of the molecule is CC/C=C/C=C/C=C\C=C/C=C/CCCCCC(=O)OC(CCC/C=C\C/C=C\C/C=C\C/C=C\CCCCC)CC(=O)NC(CO)C(O)CCCCCCCCCCCC. The monoisotopic (exact) mass is 846 g/mol. The molecule has 3 N–H and O–H groups in total. The van der Waals surface area contributed by atoms with Crippen molar-refractivity contribution in [3.8, 4) is 0 Å². The van der Waals surface area contributed by atoms with Crippen molar-refractivity contribution in [2.45, 2.75) is 219 Å². The lowest BCUT2D eigenvalue weighted by Crippen LogP contribution is -2.46. The van der Waals surface area contributed by atoms with Gasteiger partial charge in [-0.25, -0.2) is 0 Å². The predicted octanol–water partition coefficient (Wildman–Crippen LogP) is 14.7. The van der Waals surface area contributed by atoms with E-state index in [2.05, 4.69) is 86.8 Å². The average Bonchev–Trinajstić information content (AvgIpc) is 3.25. The number of amides is 1. The minimum atomic E-state index is -0.815. The highest BCUT2D eigenvalue weighted by Crippen LogP contribution is 2.16. The first-order valence-corrected chi connectivity index (χ1v) is 24.7. The Kier molecular flexibility index (Phi) is 44.9. The lowest BCUT2D eigenvalue weighted by atomic mass is 10.0. The van der Waals surface area contributed by atoms with E-state index in [9.17, 15) is 19.8 Å². The summed E-state index contributed by atoms with van der Waals surface area (Å²) in [6, 6.07) is -0.734. The molecule has 0 rings (SSSR count). The van der Waals surface area contributed by atoms with Crippen LogP contribution in [-0.2, 0) is 14.3 Å². The Bertz CT molecular complexity index is 1270. The molecule has 0 aliphatic heterocycles. The summed E-state index contributed by atoms with van der Waals surface area (Å²) >= 11 is 0. The van der Waals surface area contributed by atoms with Crippen molar-refractivity contribution < 1.29 is 24.5 Å². The first-order chi connectivity index (χ1) is 30.0. The molecule has 346 valence electrons. The van der Waals surface area contributed by atoms with Gasteiger partial charge >= 0.3 is 5.97 Å². The van der Waals surface area contributed by atoms with Gasteiger partial charge in [-0.2, -0.15) is 0 Å². The largest absolute Gasteiger partial charge is 0.462 e. The van der Waals surface area contributed by atoms with E-state index in [1.165, 1.54) is 70.6 Å². The molecule has 6 nitrogen and oxygen atoms in total. The van der Waals surface area contributed by atoms with Gasteiger partial charge in [0.1, 0.15) is 6.10 Å². The molecule has 3 atom stereocenters. The van der Waals surface area contributed by atoms with Crippen molar-refractivity contribution >= 4 is 11.9 Å². The number of allylic oxidation sites excluding steroid dienone is 18. The molecule has 0 fully saturated rings. The number of aliphatic hydroxyl groups excluding tert-OH is 2. The van der Waals surface area contributed by atoms with Crippen LogP contribution in [0.25, 0.3) is 0 Å². The van der Waals surface area contributed by atoms with Gasteiger partial charge in [0.15, 0.2) is 0 Å². The maximum absolute atomic E-state index is 13.2. The van der Waals surface area contributed by atoms with E-state index in [0.717, 1.165) is 83.5 Å². The van der Waals surface area contributed by atoms with Crippen molar-refractivity contribution in [3.63, 3.8) is 0 Å². The third-order valence-electron chi connectivity index (χ3n) is 10.5. The Morgan fingerprint density at radius 1 is 0.508 bits per heavy atom. The van der Waals surface area contributed by atoms with E-state index >= 15 is 0 Å². The molecule has 0 aromatic rings. The number of rotatable bonds is 42. The van der Waals surface area contributed by atoms with Gasteiger partial charge in [-0.05, 0) is 83.5 Å². The molecule has 0 heterocycles. The Morgan fingerprint density at radius 3 is 1.54 bits per heavy atom. The first kappa shape index (κ1) is 57.5. The van der Waals surface area contributed by atoms with Crippen LogP contribution in [0.2, 0.25) is 0 Å². The van der Waals surface area contributed by atoms with E-state index in [-0.39, 0.29) is 24.9 Å². The van der Waals surface area contributed by atoms with Gasteiger partial charge < -0.3 is 20.3 Å². The molecule has 0 saturated carbocycles. The highest BCUT2D eigenvalue weighted by molar-refractivity contribution is 5.77. The molecule has 0 spiro atoms. The van der Waals surface area contributed by atoms with Gasteiger partial charge in [0.25, 0.3) is 0 Å². The number of carbonyl (C=O) groups excluding carboxylic acids is 2. The summed E-state index contributed by atoms with van der Waals surface area (Å²) in [6.07, 6.45) is 64.3. The van der Waals surface area contributed by atoms with Crippen LogP contribution < -0.4 is 5.32 Å². The summed E-state index contributed by atoms with van der Waals surface area (Å²) in [7, 11) is 0. The predicted molar refractivity (Wildman–Crippen MR) is 263 cm³/mol. The van der Waals surface area contributed by atoms with E-state index < -0.39 is 18.2 Å². The highest BCUT2D eigenvalue weighted by atomic mass is 16.5. The maximum atomic E-state index is 13.2. The molecule has 3 unspecified atom stereocenters. The summed E-state index contributed by atoms with van der Waals surface area (Å²) in [6.45, 7) is 6.25. The molecule has 0 aliphatic carbocycles. The van der Waals surface area contributed by atoms with E-state index in [4.69, 9.17) is 4.74 Å². The van der Waals surface area contributed by atoms with Crippen LogP contribution in [0.4, 0.5) is 0 Å². The third kappa shape index (κ3) is 43.0. The second-order valence-corrected chi connectivity index (χ2v) is 16.2. The topological polar surface area (TPSA) is 95.9 Å². The number of hydrogen-bond acceptors (Lipinski definition) is 5. The molecule has 6 heteroatoms. The van der Waals surface area contributed by atoms with Crippen molar-refractivity contribution in [1.82, 2.24) is 5.32 Å². The molecule has 0 saturated heterocycles. The number of carbonyl (C=O) groups is 2. The average molecular weight is 846 g/mol. The lowest BCUT2D eigenvalue weighted by molar-refractivity contribution is -0.151. The highest BCUT2D eigenvalue weighted by Gasteiger charge is 2.24. The Hall–Kier alpha value is -3.48. The molecule has 1 amide bonds. The summed E-state index contributed by atoms with van der Waals surface area (Å²) < 4.78 is 5.88. The van der Waals surface area contributed by atoms with Gasteiger partial charge in [0, 0.05) is 6.42 Å². The number of esters is 1. The second-order valence-electron chi connectivity index (χ2n) is 16.2. The fraction of sp³-hybridized carbons (Fsp3) is 0.636. The number of ether oxygens (including phenoxy) is 1. The van der Waals surface area contributed by atoms with E-state index in [1.54, 1.807) is 0 Å². The zero-order chi connectivity index (χ0) is 44.5. The number of hydrogen-bond donors (Lipinski definition) is 3. The molecule has 0 aromatic carbocycles. The molecule has 0 aromatic heterocycles. The number of nitrogens with one attached hydrogen (secondary N) is 1. The van der Waals surface area contributed by atoms with Crippen LogP contribution in [0.15, 0.2) is 109 Å². The number of aliphatic hydroxyl groups is 2. The van der Waals surface area contributed by atoms with Gasteiger partial charge in [-0.3, -0.25) is 9.59 Å². The standard InChI is InChI=1S/C55H91NO5/c1-4-7-10-13-16-19-22-24-26-27-29-30-32-34-37-40-43-46-51(61-55(60)48-45-42-39-36-33-31-28-25-23-20-17-14-11-8-5-2)49-54(59)56-52(50-57)53(58)47-44-41-38-35-21-18-15-12-9-6-3/h8,11,14,16-17,19-20,23-26,28-31,33-34,37,51-53,57-58H,4-7,9-10,12-13,15,18,21-22,27,32,35-36,38-50H2,1-3H3,(H,56,59)/b11-8+,17-14+,19-16-,23-20-,26-24-,28-25-,30-29-,33-31+,37-34-. The molecular weight excluding hydrogens is 755 g/mol. The summed E-state index contributed by atoms with van der Waals surface area (Å²) in [5, 5.41) is 23.7. The van der Waals surface area contributed by atoms with Crippen molar-refractivity contribution in [2.24, 2.45) is 0 Å². The minimum absolute atomic E-state index is 0.0154. The third-order valence-corrected chi connectivity index (χ3v) is 10.5. The summed E-state index contributed by atoms with van der Waals surface area (Å²) in [4.78, 5) is 26.1. The molecule has 61 heavy (non-hydrogen) atoms. The summed E-state index contributed by atoms with van der Waals surface area (Å²) in [5.41, 5.74) is 0. The zero-order valence-corrected chi connectivity index (χ0v) is 39.2. The molecule has 0 aliphatic rings. The fourth-order valence-corrected chi connectivity index (χ4v) is 6.73. The van der Waals surface area contributed by atoms with Crippen molar-refractivity contribution in [2.75, 3.05) is 6.61 Å². The van der Waals surface area contributed by atoms with Crippen molar-refractivity contribution in [3.05, 3.63) is 109 Å². The van der Waals surface area contributed by atoms with Crippen LogP contribution in [-0.4, -0.2) is 46.9 Å². The van der Waals surface area contributed by atoms with E-state index in [0.29, 0.717) is 19.3 Å². The molecule has 0 bridgehead atoms. The zero-order valence-electron chi connectivity index (χ0n) is 39.2. The van der Waals surface area contributed by atoms with Crippen LogP contribution in [0.5, 0.6) is 0 Å². The van der Waals surface area contributed by atoms with Crippen LogP contribution >= 0.6 is 0 Å². The normalized spacial score (nSPS) is 14.2. The van der Waals surface area contributed by atoms with Gasteiger partial charge in [-0.1, -0.05) is 214 Å². The minimum Gasteiger partial charge on any atom is -0.462 e. The van der Waals surface area contributed by atoms with Crippen LogP contribution in [0.1, 0.15) is 201 Å². The maximum Gasteiger partial charge on any atom is 0.306 e. The van der Waals surface area contributed by atoms with Crippen LogP contribution in [0.3, 0.4) is 0 Å². The van der Waals surface area contributed by atoms with Crippen LogP contribution in [0, 0.1) is 0 Å². The smallest absolute Gasteiger partial charge is 0.306 e.